The van der Waals surface area contributed by atoms with Crippen molar-refractivity contribution in [3.63, 3.8) is 0 Å². The third kappa shape index (κ3) is 6.04. The minimum atomic E-state index is -1.29. The van der Waals surface area contributed by atoms with Gasteiger partial charge in [0.1, 0.15) is 23.9 Å². The quantitative estimate of drug-likeness (QED) is 0.503. The van der Waals surface area contributed by atoms with E-state index in [4.69, 9.17) is 14.2 Å². The van der Waals surface area contributed by atoms with Crippen LogP contribution < -0.4 is 5.56 Å². The number of H-pyrrole nitrogens is 1. The number of pyridine rings is 1. The fourth-order valence-electron chi connectivity index (χ4n) is 3.73. The second-order valence-electron chi connectivity index (χ2n) is 10.5. The Morgan fingerprint density at radius 1 is 1.36 bits per heavy atom. The number of morpholine rings is 1. The molecular weight excluding hydrogens is 440 g/mol. The molecule has 3 heterocycles. The van der Waals surface area contributed by atoms with Crippen LogP contribution >= 0.6 is 0 Å². The molecule has 180 valence electrons. The zero-order valence-electron chi connectivity index (χ0n) is 20.4. The Morgan fingerprint density at radius 2 is 2.09 bits per heavy atom. The molecule has 1 amide bonds. The highest BCUT2D eigenvalue weighted by atomic mass is 28.3. The highest BCUT2D eigenvalue weighted by Crippen LogP contribution is 2.31. The lowest BCUT2D eigenvalue weighted by Gasteiger charge is -2.37. The van der Waals surface area contributed by atoms with Gasteiger partial charge in [0.2, 0.25) is 0 Å². The Balaban J connectivity index is 2.04. The molecule has 1 unspecified atom stereocenters. The normalized spacial score (nSPS) is 17.2. The summed E-state index contributed by atoms with van der Waals surface area (Å²) >= 11 is 0. The van der Waals surface area contributed by atoms with Gasteiger partial charge in [-0.3, -0.25) is 9.69 Å². The second-order valence-corrected chi connectivity index (χ2v) is 16.1. The minimum absolute atomic E-state index is 0.139. The second kappa shape index (κ2) is 9.71. The molecule has 0 saturated carbocycles. The topological polar surface area (TPSA) is 110 Å². The van der Waals surface area contributed by atoms with Crippen LogP contribution in [0.2, 0.25) is 25.7 Å². The SMILES string of the molecule is CC(C)(C)OC(=O)N1CCOCC1c1cc2c(C#N)c[nH]c(=O)c2n1COCC[Si](C)(C)C. The van der Waals surface area contributed by atoms with Crippen LogP contribution in [-0.4, -0.2) is 60.6 Å². The predicted octanol–water partition coefficient (Wildman–Crippen LogP) is 3.82. The van der Waals surface area contributed by atoms with Gasteiger partial charge in [0.15, 0.2) is 0 Å². The zero-order valence-corrected chi connectivity index (χ0v) is 21.4. The first-order chi connectivity index (χ1) is 15.4. The van der Waals surface area contributed by atoms with Gasteiger partial charge in [-0.15, -0.1) is 0 Å². The number of aromatic amines is 1. The maximum atomic E-state index is 13.0. The van der Waals surface area contributed by atoms with Crippen molar-refractivity contribution in [1.29, 1.82) is 5.26 Å². The molecule has 1 aliphatic rings. The van der Waals surface area contributed by atoms with Crippen molar-refractivity contribution in [2.75, 3.05) is 26.4 Å². The average Bonchev–Trinajstić information content (AvgIpc) is 3.10. The van der Waals surface area contributed by atoms with E-state index < -0.39 is 25.8 Å². The molecule has 1 aliphatic heterocycles. The summed E-state index contributed by atoms with van der Waals surface area (Å²) in [5, 5.41) is 10.1. The number of ether oxygens (including phenoxy) is 3. The standard InChI is InChI=1S/C23H34N4O5Si/c1-23(2,3)32-22(29)26-7-8-30-14-19(26)18-11-17-16(12-24)13-25-21(28)20(17)27(18)15-31-9-10-33(4,5)6/h11,13,19H,7-10,14-15H2,1-6H3,(H,25,28). The van der Waals surface area contributed by atoms with Crippen LogP contribution in [0.25, 0.3) is 10.9 Å². The maximum absolute atomic E-state index is 13.0. The van der Waals surface area contributed by atoms with Crippen molar-refractivity contribution in [3.8, 4) is 6.07 Å². The number of aromatic nitrogens is 2. The number of nitrogens with zero attached hydrogens (tertiary/aromatic N) is 3. The maximum Gasteiger partial charge on any atom is 0.411 e. The van der Waals surface area contributed by atoms with Gasteiger partial charge in [0.25, 0.3) is 5.56 Å². The van der Waals surface area contributed by atoms with Gasteiger partial charge in [0.05, 0.1) is 24.8 Å². The lowest BCUT2D eigenvalue weighted by Crippen LogP contribution is -2.46. The fraction of sp³-hybridized carbons (Fsp3) is 0.609. The highest BCUT2D eigenvalue weighted by molar-refractivity contribution is 6.76. The van der Waals surface area contributed by atoms with Gasteiger partial charge < -0.3 is 23.8 Å². The van der Waals surface area contributed by atoms with E-state index in [9.17, 15) is 14.9 Å². The average molecular weight is 475 g/mol. The third-order valence-corrected chi connectivity index (χ3v) is 7.12. The highest BCUT2D eigenvalue weighted by Gasteiger charge is 2.35. The number of nitriles is 1. The predicted molar refractivity (Wildman–Crippen MR) is 128 cm³/mol. The molecule has 0 radical (unpaired) electrons. The molecule has 1 atom stereocenters. The Bertz CT molecular complexity index is 1100. The van der Waals surface area contributed by atoms with Crippen LogP contribution in [-0.2, 0) is 20.9 Å². The molecule has 10 heteroatoms. The van der Waals surface area contributed by atoms with Crippen molar-refractivity contribution in [1.82, 2.24) is 14.5 Å². The van der Waals surface area contributed by atoms with Crippen molar-refractivity contribution < 1.29 is 19.0 Å². The van der Waals surface area contributed by atoms with E-state index in [1.165, 1.54) is 6.20 Å². The minimum Gasteiger partial charge on any atom is -0.444 e. The summed E-state index contributed by atoms with van der Waals surface area (Å²) in [6, 6.07) is 4.44. The van der Waals surface area contributed by atoms with Gasteiger partial charge >= 0.3 is 6.09 Å². The third-order valence-electron chi connectivity index (χ3n) is 5.42. The fourth-order valence-corrected chi connectivity index (χ4v) is 4.49. The van der Waals surface area contributed by atoms with Crippen LogP contribution in [0.1, 0.15) is 38.1 Å². The number of carbonyl (C=O) groups is 1. The van der Waals surface area contributed by atoms with Gasteiger partial charge in [-0.2, -0.15) is 5.26 Å². The number of rotatable bonds is 6. The summed E-state index contributed by atoms with van der Waals surface area (Å²) in [5.41, 5.74) is 0.429. The van der Waals surface area contributed by atoms with Gasteiger partial charge in [-0.25, -0.2) is 4.79 Å². The summed E-state index contributed by atoms with van der Waals surface area (Å²) in [7, 11) is -1.29. The largest absolute Gasteiger partial charge is 0.444 e. The molecule has 0 bridgehead atoms. The summed E-state index contributed by atoms with van der Waals surface area (Å²) in [6.45, 7) is 14.0. The van der Waals surface area contributed by atoms with Crippen LogP contribution in [0.5, 0.6) is 0 Å². The Hall–Kier alpha value is -2.61. The lowest BCUT2D eigenvalue weighted by atomic mass is 10.1. The van der Waals surface area contributed by atoms with Crippen LogP contribution in [0.3, 0.4) is 0 Å². The molecule has 0 spiro atoms. The number of fused-ring (bicyclic) bond motifs is 1. The van der Waals surface area contributed by atoms with E-state index in [2.05, 4.69) is 30.7 Å². The number of nitrogens with one attached hydrogen (secondary N) is 1. The van der Waals surface area contributed by atoms with Gasteiger partial charge in [-0.1, -0.05) is 19.6 Å². The molecule has 1 saturated heterocycles. The first-order valence-corrected chi connectivity index (χ1v) is 14.9. The molecule has 2 aromatic heterocycles. The molecule has 2 aromatic rings. The lowest BCUT2D eigenvalue weighted by molar-refractivity contribution is -0.0361. The number of carbonyl (C=O) groups excluding carboxylic acids is 1. The van der Waals surface area contributed by atoms with E-state index in [0.29, 0.717) is 41.9 Å². The molecular formula is C23H34N4O5Si. The molecule has 33 heavy (non-hydrogen) atoms. The van der Waals surface area contributed by atoms with Crippen LogP contribution in [0, 0.1) is 11.3 Å². The Kier molecular flexibility index (Phi) is 7.36. The summed E-state index contributed by atoms with van der Waals surface area (Å²) in [6.07, 6.45) is 0.968. The van der Waals surface area contributed by atoms with Gasteiger partial charge in [-0.05, 0) is 32.9 Å². The molecule has 9 nitrogen and oxygen atoms in total. The van der Waals surface area contributed by atoms with E-state index in [1.54, 1.807) is 15.5 Å². The van der Waals surface area contributed by atoms with E-state index in [0.717, 1.165) is 6.04 Å². The summed E-state index contributed by atoms with van der Waals surface area (Å²) in [4.78, 5) is 30.0. The van der Waals surface area contributed by atoms with E-state index in [1.807, 2.05) is 20.8 Å². The van der Waals surface area contributed by atoms with E-state index in [-0.39, 0.29) is 18.9 Å². The number of hydrogen-bond donors (Lipinski definition) is 1. The number of amides is 1. The molecule has 0 aromatic carbocycles. The van der Waals surface area contributed by atoms with Crippen molar-refractivity contribution in [3.05, 3.63) is 33.9 Å². The molecule has 0 aliphatic carbocycles. The Labute approximate surface area is 195 Å². The van der Waals surface area contributed by atoms with E-state index >= 15 is 0 Å². The monoisotopic (exact) mass is 474 g/mol. The molecule has 3 rings (SSSR count). The van der Waals surface area contributed by atoms with Crippen molar-refractivity contribution in [2.24, 2.45) is 0 Å². The van der Waals surface area contributed by atoms with Crippen LogP contribution in [0.4, 0.5) is 4.79 Å². The first-order valence-electron chi connectivity index (χ1n) is 11.2. The van der Waals surface area contributed by atoms with Gasteiger partial charge in [0, 0.05) is 38.5 Å². The zero-order chi connectivity index (χ0) is 24.4. The molecule has 1 N–H and O–H groups in total. The summed E-state index contributed by atoms with van der Waals surface area (Å²) < 4.78 is 19.1. The van der Waals surface area contributed by atoms with Crippen LogP contribution in [0.15, 0.2) is 17.1 Å². The Morgan fingerprint density at radius 3 is 2.73 bits per heavy atom. The molecule has 1 fully saturated rings. The van der Waals surface area contributed by atoms with Crippen molar-refractivity contribution >= 4 is 25.1 Å². The summed E-state index contributed by atoms with van der Waals surface area (Å²) in [5.74, 6) is 0. The van der Waals surface area contributed by atoms with Crippen molar-refractivity contribution in [2.45, 2.75) is 64.8 Å². The number of hydrogen-bond acceptors (Lipinski definition) is 6. The smallest absolute Gasteiger partial charge is 0.411 e. The first kappa shape index (κ1) is 25.0.